The fraction of sp³-hybridized carbons (Fsp3) is 0.211. The van der Waals surface area contributed by atoms with Crippen molar-refractivity contribution < 1.29 is 23.9 Å². The number of nitrogens with one attached hydrogen (secondary N) is 1. The minimum Gasteiger partial charge on any atom is -0.459 e. The zero-order valence-corrected chi connectivity index (χ0v) is 13.8. The molecule has 0 heterocycles. The average Bonchev–Trinajstić information content (AvgIpc) is 2.64. The van der Waals surface area contributed by atoms with Crippen molar-refractivity contribution in [1.82, 2.24) is 5.32 Å². The number of rotatable bonds is 7. The molecule has 0 aliphatic carbocycles. The Labute approximate surface area is 145 Å². The van der Waals surface area contributed by atoms with Crippen LogP contribution in [0.15, 0.2) is 60.7 Å². The summed E-state index contributed by atoms with van der Waals surface area (Å²) < 4.78 is 10.1. The van der Waals surface area contributed by atoms with Gasteiger partial charge in [-0.2, -0.15) is 0 Å². The van der Waals surface area contributed by atoms with Crippen LogP contribution in [-0.4, -0.2) is 23.9 Å². The number of carbonyl (C=O) groups excluding carboxylic acids is 3. The molecule has 0 saturated heterocycles. The molecule has 2 aromatic carbocycles. The number of esters is 1. The Bertz CT molecular complexity index is 715. The molecule has 1 atom stereocenters. The van der Waals surface area contributed by atoms with Gasteiger partial charge < -0.3 is 14.8 Å². The largest absolute Gasteiger partial charge is 0.459 e. The lowest BCUT2D eigenvalue weighted by atomic mass is 10.2. The lowest BCUT2D eigenvalue weighted by Crippen LogP contribution is -2.46. The van der Waals surface area contributed by atoms with Crippen LogP contribution in [0.1, 0.15) is 18.1 Å². The molecule has 1 amide bonds. The highest BCUT2D eigenvalue weighted by Crippen LogP contribution is 2.04. The molecule has 1 N–H and O–H groups in total. The van der Waals surface area contributed by atoms with Crippen LogP contribution in [0.5, 0.6) is 0 Å². The maximum Gasteiger partial charge on any atom is 0.408 e. The van der Waals surface area contributed by atoms with Crippen molar-refractivity contribution in [2.45, 2.75) is 26.2 Å². The van der Waals surface area contributed by atoms with Crippen molar-refractivity contribution in [3.63, 3.8) is 0 Å². The predicted molar refractivity (Wildman–Crippen MR) is 90.5 cm³/mol. The number of ether oxygens (including phenoxy) is 2. The SMILES string of the molecule is CC(=O)C(NC(=O)OCc1ccccc1)C(=O)OCc1ccccc1. The molecule has 0 bridgehead atoms. The van der Waals surface area contributed by atoms with Gasteiger partial charge in [0.1, 0.15) is 13.2 Å². The van der Waals surface area contributed by atoms with Gasteiger partial charge in [0.15, 0.2) is 11.8 Å². The standard InChI is InChI=1S/C19H19NO5/c1-14(21)17(18(22)24-12-15-8-4-2-5-9-15)20-19(23)25-13-16-10-6-3-7-11-16/h2-11,17H,12-13H2,1H3,(H,20,23). The van der Waals surface area contributed by atoms with Crippen LogP contribution in [0.3, 0.4) is 0 Å². The van der Waals surface area contributed by atoms with E-state index >= 15 is 0 Å². The monoisotopic (exact) mass is 341 g/mol. The number of Topliss-reactive ketones (excluding diaryl/α,β-unsaturated/α-hetero) is 1. The maximum absolute atomic E-state index is 12.1. The number of hydrogen-bond donors (Lipinski definition) is 1. The first-order valence-electron chi connectivity index (χ1n) is 7.74. The number of alkyl carbamates (subject to hydrolysis) is 1. The van der Waals surface area contributed by atoms with E-state index in [1.807, 2.05) is 36.4 Å². The Balaban J connectivity index is 1.85. The third-order valence-corrected chi connectivity index (χ3v) is 3.34. The summed E-state index contributed by atoms with van der Waals surface area (Å²) >= 11 is 0. The summed E-state index contributed by atoms with van der Waals surface area (Å²) in [6, 6.07) is 16.7. The van der Waals surface area contributed by atoms with Crippen LogP contribution in [0.4, 0.5) is 4.79 Å². The van der Waals surface area contributed by atoms with Crippen molar-refractivity contribution in [2.75, 3.05) is 0 Å². The third kappa shape index (κ3) is 6.10. The van der Waals surface area contributed by atoms with Crippen molar-refractivity contribution in [2.24, 2.45) is 0 Å². The molecule has 0 aromatic heterocycles. The molecule has 6 nitrogen and oxygen atoms in total. The van der Waals surface area contributed by atoms with Crippen molar-refractivity contribution in [3.05, 3.63) is 71.8 Å². The van der Waals surface area contributed by atoms with E-state index in [0.717, 1.165) is 11.1 Å². The minimum atomic E-state index is -1.40. The van der Waals surface area contributed by atoms with E-state index in [1.54, 1.807) is 24.3 Å². The minimum absolute atomic E-state index is 0.0181. The van der Waals surface area contributed by atoms with Gasteiger partial charge in [-0.1, -0.05) is 60.7 Å². The van der Waals surface area contributed by atoms with Gasteiger partial charge in [0.25, 0.3) is 0 Å². The van der Waals surface area contributed by atoms with Gasteiger partial charge in [-0.25, -0.2) is 9.59 Å². The lowest BCUT2D eigenvalue weighted by molar-refractivity contribution is -0.149. The molecular formula is C19H19NO5. The van der Waals surface area contributed by atoms with Crippen LogP contribution < -0.4 is 5.32 Å². The average molecular weight is 341 g/mol. The van der Waals surface area contributed by atoms with E-state index in [1.165, 1.54) is 6.92 Å². The summed E-state index contributed by atoms with van der Waals surface area (Å²) in [7, 11) is 0. The van der Waals surface area contributed by atoms with Crippen LogP contribution >= 0.6 is 0 Å². The molecule has 0 aliphatic heterocycles. The fourth-order valence-corrected chi connectivity index (χ4v) is 2.02. The van der Waals surface area contributed by atoms with Gasteiger partial charge >= 0.3 is 12.1 Å². The van der Waals surface area contributed by atoms with Gasteiger partial charge in [0, 0.05) is 0 Å². The Hall–Kier alpha value is -3.15. The Morgan fingerprint density at radius 1 is 0.840 bits per heavy atom. The zero-order chi connectivity index (χ0) is 18.1. The predicted octanol–water partition coefficient (Wildman–Crippen LogP) is 2.61. The first-order valence-corrected chi connectivity index (χ1v) is 7.74. The van der Waals surface area contributed by atoms with E-state index < -0.39 is 23.9 Å². The molecular weight excluding hydrogens is 322 g/mol. The number of hydrogen-bond acceptors (Lipinski definition) is 5. The van der Waals surface area contributed by atoms with Gasteiger partial charge in [-0.05, 0) is 18.1 Å². The quantitative estimate of drug-likeness (QED) is 0.618. The highest BCUT2D eigenvalue weighted by atomic mass is 16.6. The third-order valence-electron chi connectivity index (χ3n) is 3.34. The molecule has 6 heteroatoms. The van der Waals surface area contributed by atoms with Gasteiger partial charge in [-0.15, -0.1) is 0 Å². The van der Waals surface area contributed by atoms with Gasteiger partial charge in [0.2, 0.25) is 0 Å². The molecule has 0 saturated carbocycles. The second-order valence-electron chi connectivity index (χ2n) is 5.34. The summed E-state index contributed by atoms with van der Waals surface area (Å²) in [6.45, 7) is 1.26. The first kappa shape index (κ1) is 18.2. The summed E-state index contributed by atoms with van der Waals surface area (Å²) in [5.41, 5.74) is 1.58. The molecule has 25 heavy (non-hydrogen) atoms. The molecule has 2 aromatic rings. The van der Waals surface area contributed by atoms with E-state index in [9.17, 15) is 14.4 Å². The zero-order valence-electron chi connectivity index (χ0n) is 13.8. The molecule has 0 spiro atoms. The Morgan fingerprint density at radius 3 is 1.80 bits per heavy atom. The summed E-state index contributed by atoms with van der Waals surface area (Å²) in [4.78, 5) is 35.5. The van der Waals surface area contributed by atoms with E-state index in [4.69, 9.17) is 9.47 Å². The second-order valence-corrected chi connectivity index (χ2v) is 5.34. The van der Waals surface area contributed by atoms with Gasteiger partial charge in [-0.3, -0.25) is 4.79 Å². The lowest BCUT2D eigenvalue weighted by Gasteiger charge is -2.15. The Morgan fingerprint density at radius 2 is 1.32 bits per heavy atom. The number of benzene rings is 2. The highest BCUT2D eigenvalue weighted by Gasteiger charge is 2.27. The molecule has 130 valence electrons. The summed E-state index contributed by atoms with van der Waals surface area (Å²) in [5.74, 6) is -1.36. The van der Waals surface area contributed by atoms with Crippen LogP contribution in [-0.2, 0) is 32.3 Å². The Kier molecular flexibility index (Phi) is 6.71. The number of carbonyl (C=O) groups is 3. The van der Waals surface area contributed by atoms with Crippen LogP contribution in [0.2, 0.25) is 0 Å². The first-order chi connectivity index (χ1) is 12.1. The van der Waals surface area contributed by atoms with Crippen molar-refractivity contribution in [3.8, 4) is 0 Å². The van der Waals surface area contributed by atoms with E-state index in [2.05, 4.69) is 5.32 Å². The number of ketones is 1. The molecule has 0 fully saturated rings. The second kappa shape index (κ2) is 9.22. The topological polar surface area (TPSA) is 81.7 Å². The van der Waals surface area contributed by atoms with E-state index in [0.29, 0.717) is 0 Å². The smallest absolute Gasteiger partial charge is 0.408 e. The molecule has 0 aliphatic rings. The van der Waals surface area contributed by atoms with Gasteiger partial charge in [0.05, 0.1) is 0 Å². The van der Waals surface area contributed by atoms with Crippen LogP contribution in [0.25, 0.3) is 0 Å². The summed E-state index contributed by atoms with van der Waals surface area (Å²) in [6.07, 6.45) is -0.860. The maximum atomic E-state index is 12.1. The number of amides is 1. The fourth-order valence-electron chi connectivity index (χ4n) is 2.02. The van der Waals surface area contributed by atoms with Crippen molar-refractivity contribution >= 4 is 17.8 Å². The molecule has 1 unspecified atom stereocenters. The highest BCUT2D eigenvalue weighted by molar-refractivity contribution is 6.04. The normalized spacial score (nSPS) is 11.2. The van der Waals surface area contributed by atoms with Crippen molar-refractivity contribution in [1.29, 1.82) is 0 Å². The van der Waals surface area contributed by atoms with E-state index in [-0.39, 0.29) is 13.2 Å². The van der Waals surface area contributed by atoms with Crippen LogP contribution in [0, 0.1) is 0 Å². The summed E-state index contributed by atoms with van der Waals surface area (Å²) in [5, 5.41) is 2.24. The molecule has 2 rings (SSSR count). The molecule has 0 radical (unpaired) electrons.